The monoisotopic (exact) mass is 452 g/mol. The molecule has 0 aliphatic rings. The molecule has 0 saturated carbocycles. The molecular formula is C24H29FN6O2. The number of nitrogens with two attached hydrogens (primary N) is 2. The Bertz CT molecular complexity index is 1100. The second kappa shape index (κ2) is 10.7. The Morgan fingerprint density at radius 1 is 1.15 bits per heavy atom. The number of rotatable bonds is 10. The minimum Gasteiger partial charge on any atom is -0.497 e. The molecule has 8 nitrogen and oxygen atoms in total. The van der Waals surface area contributed by atoms with Crippen molar-refractivity contribution in [2.75, 3.05) is 24.3 Å². The molecule has 3 aromatic rings. The van der Waals surface area contributed by atoms with Crippen molar-refractivity contribution in [2.45, 2.75) is 26.3 Å². The molecule has 3 rings (SSSR count). The first-order valence-corrected chi connectivity index (χ1v) is 10.6. The number of carbonyl (C=O) groups excluding carboxylic acids is 1. The van der Waals surface area contributed by atoms with Crippen molar-refractivity contribution in [3.63, 3.8) is 0 Å². The first kappa shape index (κ1) is 23.9. The molecule has 1 atom stereocenters. The number of anilines is 3. The van der Waals surface area contributed by atoms with Crippen molar-refractivity contribution >= 4 is 23.2 Å². The predicted molar refractivity (Wildman–Crippen MR) is 128 cm³/mol. The number of nitrogens with zero attached hydrogens (tertiary/aromatic N) is 2. The third kappa shape index (κ3) is 6.17. The van der Waals surface area contributed by atoms with Gasteiger partial charge in [-0.05, 0) is 54.8 Å². The summed E-state index contributed by atoms with van der Waals surface area (Å²) in [5.41, 5.74) is 13.4. The highest BCUT2D eigenvalue weighted by Crippen LogP contribution is 2.27. The van der Waals surface area contributed by atoms with Gasteiger partial charge in [-0.25, -0.2) is 9.37 Å². The third-order valence-corrected chi connectivity index (χ3v) is 5.03. The molecule has 1 amide bonds. The van der Waals surface area contributed by atoms with Crippen molar-refractivity contribution in [3.8, 4) is 17.0 Å². The van der Waals surface area contributed by atoms with Crippen LogP contribution in [0.4, 0.5) is 21.7 Å². The molecule has 9 heteroatoms. The second-order valence-corrected chi connectivity index (χ2v) is 8.07. The van der Waals surface area contributed by atoms with Gasteiger partial charge in [0.05, 0.1) is 18.4 Å². The van der Waals surface area contributed by atoms with Gasteiger partial charge in [0.15, 0.2) is 11.6 Å². The summed E-state index contributed by atoms with van der Waals surface area (Å²) in [6, 6.07) is 11.9. The van der Waals surface area contributed by atoms with Crippen molar-refractivity contribution in [2.24, 2.45) is 17.4 Å². The number of aromatic nitrogens is 2. The van der Waals surface area contributed by atoms with Gasteiger partial charge in [0.1, 0.15) is 11.6 Å². The lowest BCUT2D eigenvalue weighted by atomic mass is 10.0. The molecule has 33 heavy (non-hydrogen) atoms. The van der Waals surface area contributed by atoms with Crippen molar-refractivity contribution < 1.29 is 13.9 Å². The first-order valence-electron chi connectivity index (χ1n) is 10.6. The summed E-state index contributed by atoms with van der Waals surface area (Å²) < 4.78 is 19.9. The largest absolute Gasteiger partial charge is 0.497 e. The number of pyridine rings is 2. The molecule has 2 aromatic heterocycles. The van der Waals surface area contributed by atoms with Crippen LogP contribution in [0.3, 0.4) is 0 Å². The minimum atomic E-state index is -0.794. The number of carbonyl (C=O) groups is 1. The van der Waals surface area contributed by atoms with E-state index in [1.807, 2.05) is 24.3 Å². The van der Waals surface area contributed by atoms with E-state index in [1.165, 1.54) is 0 Å². The van der Waals surface area contributed by atoms with E-state index < -0.39 is 11.7 Å². The van der Waals surface area contributed by atoms with Gasteiger partial charge in [0.25, 0.3) is 5.91 Å². The van der Waals surface area contributed by atoms with Crippen LogP contribution in [0.5, 0.6) is 5.75 Å². The van der Waals surface area contributed by atoms with E-state index in [0.717, 1.165) is 23.8 Å². The smallest absolute Gasteiger partial charge is 0.252 e. The van der Waals surface area contributed by atoms with Crippen LogP contribution >= 0.6 is 0 Å². The molecule has 0 aliphatic carbocycles. The van der Waals surface area contributed by atoms with Crippen LogP contribution in [0.15, 0.2) is 48.7 Å². The Morgan fingerprint density at radius 2 is 1.88 bits per heavy atom. The van der Waals surface area contributed by atoms with Crippen LogP contribution in [-0.2, 0) is 0 Å². The van der Waals surface area contributed by atoms with Crippen molar-refractivity contribution in [1.29, 1.82) is 0 Å². The van der Waals surface area contributed by atoms with Crippen molar-refractivity contribution in [3.05, 3.63) is 60.0 Å². The maximum absolute atomic E-state index is 14.7. The molecule has 2 heterocycles. The third-order valence-electron chi connectivity index (χ3n) is 5.03. The summed E-state index contributed by atoms with van der Waals surface area (Å²) in [5.74, 6) is -0.225. The molecule has 0 aliphatic heterocycles. The summed E-state index contributed by atoms with van der Waals surface area (Å²) in [6.07, 6.45) is 2.37. The molecular weight excluding hydrogens is 423 g/mol. The van der Waals surface area contributed by atoms with E-state index in [2.05, 4.69) is 34.4 Å². The summed E-state index contributed by atoms with van der Waals surface area (Å²) in [5, 5.41) is 6.11. The summed E-state index contributed by atoms with van der Waals surface area (Å²) in [4.78, 5) is 20.7. The first-order chi connectivity index (χ1) is 15.8. The van der Waals surface area contributed by atoms with Gasteiger partial charge in [-0.2, -0.15) is 0 Å². The number of halogens is 1. The Balaban J connectivity index is 1.92. The zero-order chi connectivity index (χ0) is 24.0. The molecule has 0 saturated heterocycles. The standard InChI is InChI=1S/C24H29FN6O2/c1-14(2)10-17(13-26)30-24-20(25)12-19(22(27)32)23(31-24)29-16-8-9-28-21(11-16)15-4-6-18(33-3)7-5-15/h4-9,11-12,14,17H,10,13,26H2,1-3H3,(H2,27,32)(H2,28,29,30,31)/t17-/m1/s1. The Kier molecular flexibility index (Phi) is 7.78. The second-order valence-electron chi connectivity index (χ2n) is 8.07. The highest BCUT2D eigenvalue weighted by atomic mass is 19.1. The predicted octanol–water partition coefficient (Wildman–Crippen LogP) is 3.92. The Morgan fingerprint density at radius 3 is 2.48 bits per heavy atom. The molecule has 0 fully saturated rings. The van der Waals surface area contributed by atoms with E-state index in [1.54, 1.807) is 25.4 Å². The normalized spacial score (nSPS) is 11.8. The quantitative estimate of drug-likeness (QED) is 0.367. The fourth-order valence-corrected chi connectivity index (χ4v) is 3.41. The van der Waals surface area contributed by atoms with Crippen LogP contribution in [0.25, 0.3) is 11.3 Å². The van der Waals surface area contributed by atoms with Crippen LogP contribution in [-0.4, -0.2) is 35.6 Å². The van der Waals surface area contributed by atoms with E-state index in [0.29, 0.717) is 23.8 Å². The molecule has 1 aromatic carbocycles. The van der Waals surface area contributed by atoms with E-state index in [9.17, 15) is 9.18 Å². The van der Waals surface area contributed by atoms with Gasteiger partial charge in [0.2, 0.25) is 0 Å². The van der Waals surface area contributed by atoms with Gasteiger partial charge in [-0.1, -0.05) is 13.8 Å². The molecule has 0 bridgehead atoms. The summed E-state index contributed by atoms with van der Waals surface area (Å²) >= 11 is 0. The SMILES string of the molecule is COc1ccc(-c2cc(Nc3nc(N[C@@H](CN)CC(C)C)c(F)cc3C(N)=O)ccn2)cc1. The van der Waals surface area contributed by atoms with Gasteiger partial charge >= 0.3 is 0 Å². The average Bonchev–Trinajstić information content (AvgIpc) is 2.80. The zero-order valence-electron chi connectivity index (χ0n) is 18.9. The Labute approximate surface area is 192 Å². The number of amides is 1. The van der Waals surface area contributed by atoms with E-state index in [-0.39, 0.29) is 23.2 Å². The number of benzene rings is 1. The maximum Gasteiger partial charge on any atom is 0.252 e. The number of nitrogens with one attached hydrogen (secondary N) is 2. The highest BCUT2D eigenvalue weighted by Gasteiger charge is 2.19. The lowest BCUT2D eigenvalue weighted by molar-refractivity contribution is 0.100. The van der Waals surface area contributed by atoms with Gasteiger partial charge in [0, 0.05) is 30.0 Å². The van der Waals surface area contributed by atoms with E-state index in [4.69, 9.17) is 16.2 Å². The molecule has 0 radical (unpaired) electrons. The van der Waals surface area contributed by atoms with Gasteiger partial charge < -0.3 is 26.8 Å². The topological polar surface area (TPSA) is 128 Å². The van der Waals surface area contributed by atoms with Crippen LogP contribution in [0.2, 0.25) is 0 Å². The molecule has 0 unspecified atom stereocenters. The van der Waals surface area contributed by atoms with Crippen LogP contribution in [0.1, 0.15) is 30.6 Å². The number of hydrogen-bond acceptors (Lipinski definition) is 7. The fourth-order valence-electron chi connectivity index (χ4n) is 3.41. The van der Waals surface area contributed by atoms with Gasteiger partial charge in [-0.3, -0.25) is 9.78 Å². The number of methoxy groups -OCH3 is 1. The zero-order valence-corrected chi connectivity index (χ0v) is 18.9. The number of ether oxygens (including phenoxy) is 1. The maximum atomic E-state index is 14.7. The fraction of sp³-hybridized carbons (Fsp3) is 0.292. The highest BCUT2D eigenvalue weighted by molar-refractivity contribution is 5.98. The Hall–Kier alpha value is -3.72. The lowest BCUT2D eigenvalue weighted by Gasteiger charge is -2.21. The number of hydrogen-bond donors (Lipinski definition) is 4. The average molecular weight is 453 g/mol. The van der Waals surface area contributed by atoms with Crippen molar-refractivity contribution in [1.82, 2.24) is 9.97 Å². The number of primary amides is 1. The van der Waals surface area contributed by atoms with E-state index >= 15 is 0 Å². The van der Waals surface area contributed by atoms with Gasteiger partial charge in [-0.15, -0.1) is 0 Å². The summed E-state index contributed by atoms with van der Waals surface area (Å²) in [7, 11) is 1.60. The van der Waals surface area contributed by atoms with Crippen LogP contribution in [0, 0.1) is 11.7 Å². The minimum absolute atomic E-state index is 0.00281. The lowest BCUT2D eigenvalue weighted by Crippen LogP contribution is -2.31. The summed E-state index contributed by atoms with van der Waals surface area (Å²) in [6.45, 7) is 4.43. The molecule has 6 N–H and O–H groups in total. The van der Waals surface area contributed by atoms with Crippen LogP contribution < -0.4 is 26.8 Å². The molecule has 0 spiro atoms. The molecule has 174 valence electrons.